The molecule has 0 radical (unpaired) electrons. The van der Waals surface area contributed by atoms with Crippen LogP contribution in [0.5, 0.6) is 0 Å². The highest BCUT2D eigenvalue weighted by molar-refractivity contribution is 4.92. The molecular weight excluding hydrogens is 242 g/mol. The monoisotopic (exact) mass is 269 g/mol. The molecule has 1 spiro atoms. The van der Waals surface area contributed by atoms with Crippen molar-refractivity contribution in [2.75, 3.05) is 33.0 Å². The van der Waals surface area contributed by atoms with E-state index in [1.165, 1.54) is 19.3 Å². The van der Waals surface area contributed by atoms with Crippen LogP contribution >= 0.6 is 0 Å². The fourth-order valence-electron chi connectivity index (χ4n) is 3.55. The van der Waals surface area contributed by atoms with E-state index in [1.807, 2.05) is 0 Å². The average Bonchev–Trinajstić information content (AvgIpc) is 2.88. The molecular formula is C15H27NO3. The van der Waals surface area contributed by atoms with Gasteiger partial charge in [-0.1, -0.05) is 0 Å². The van der Waals surface area contributed by atoms with Gasteiger partial charge in [-0.25, -0.2) is 0 Å². The van der Waals surface area contributed by atoms with Gasteiger partial charge in [0.1, 0.15) is 0 Å². The normalized spacial score (nSPS) is 39.8. The van der Waals surface area contributed by atoms with Crippen LogP contribution in [0.15, 0.2) is 0 Å². The quantitative estimate of drug-likeness (QED) is 0.846. The Morgan fingerprint density at radius 2 is 2.11 bits per heavy atom. The fraction of sp³-hybridized carbons (Fsp3) is 1.00. The topological polar surface area (TPSA) is 39.7 Å². The second kappa shape index (κ2) is 6.53. The lowest BCUT2D eigenvalue weighted by atomic mass is 9.89. The molecule has 1 N–H and O–H groups in total. The van der Waals surface area contributed by atoms with Crippen LogP contribution in [-0.4, -0.2) is 50.7 Å². The maximum absolute atomic E-state index is 5.96. The van der Waals surface area contributed by atoms with Crippen LogP contribution in [0.3, 0.4) is 0 Å². The smallest absolute Gasteiger partial charge is 0.0951 e. The number of rotatable bonds is 4. The predicted octanol–water partition coefficient (Wildman–Crippen LogP) is 1.87. The van der Waals surface area contributed by atoms with Crippen LogP contribution in [-0.2, 0) is 14.2 Å². The second-order valence-electron chi connectivity index (χ2n) is 6.26. The van der Waals surface area contributed by atoms with Gasteiger partial charge in [0.2, 0.25) is 0 Å². The molecule has 4 heteroatoms. The minimum Gasteiger partial charge on any atom is -0.378 e. The van der Waals surface area contributed by atoms with E-state index < -0.39 is 0 Å². The predicted molar refractivity (Wildman–Crippen MR) is 73.4 cm³/mol. The summed E-state index contributed by atoms with van der Waals surface area (Å²) < 4.78 is 17.3. The molecule has 3 rings (SSSR count). The fourth-order valence-corrected chi connectivity index (χ4v) is 3.55. The van der Waals surface area contributed by atoms with E-state index in [4.69, 9.17) is 14.2 Å². The third kappa shape index (κ3) is 3.69. The van der Waals surface area contributed by atoms with Crippen LogP contribution in [0.2, 0.25) is 0 Å². The summed E-state index contributed by atoms with van der Waals surface area (Å²) in [6.07, 6.45) is 8.77. The first kappa shape index (κ1) is 13.8. The highest BCUT2D eigenvalue weighted by atomic mass is 16.6. The lowest BCUT2D eigenvalue weighted by molar-refractivity contribution is -0.0896. The Morgan fingerprint density at radius 3 is 2.89 bits per heavy atom. The lowest BCUT2D eigenvalue weighted by Crippen LogP contribution is -2.48. The Bertz CT molecular complexity index is 273. The summed E-state index contributed by atoms with van der Waals surface area (Å²) in [4.78, 5) is 0. The average molecular weight is 269 g/mol. The van der Waals surface area contributed by atoms with Gasteiger partial charge in [-0.2, -0.15) is 0 Å². The van der Waals surface area contributed by atoms with Gasteiger partial charge in [0.25, 0.3) is 0 Å². The molecule has 19 heavy (non-hydrogen) atoms. The van der Waals surface area contributed by atoms with Crippen molar-refractivity contribution in [2.24, 2.45) is 0 Å². The van der Waals surface area contributed by atoms with Gasteiger partial charge >= 0.3 is 0 Å². The summed E-state index contributed by atoms with van der Waals surface area (Å²) in [5, 5.41) is 3.70. The zero-order chi connectivity index (χ0) is 13.0. The Labute approximate surface area is 116 Å². The van der Waals surface area contributed by atoms with Gasteiger partial charge in [0.05, 0.1) is 18.3 Å². The molecule has 0 aromatic rings. The van der Waals surface area contributed by atoms with E-state index in [-0.39, 0.29) is 5.60 Å². The van der Waals surface area contributed by atoms with Crippen molar-refractivity contribution in [1.82, 2.24) is 5.32 Å². The largest absolute Gasteiger partial charge is 0.378 e. The van der Waals surface area contributed by atoms with E-state index in [1.54, 1.807) is 0 Å². The van der Waals surface area contributed by atoms with Gasteiger partial charge < -0.3 is 19.5 Å². The Kier molecular flexibility index (Phi) is 4.74. The zero-order valence-corrected chi connectivity index (χ0v) is 11.9. The molecule has 3 heterocycles. The summed E-state index contributed by atoms with van der Waals surface area (Å²) in [6.45, 7) is 4.56. The SMILES string of the molecule is C1CCC(CCNC2CCOC3(CCOC3)C2)OC1. The molecule has 4 nitrogen and oxygen atoms in total. The van der Waals surface area contributed by atoms with Crippen molar-refractivity contribution >= 4 is 0 Å². The maximum Gasteiger partial charge on any atom is 0.0951 e. The van der Waals surface area contributed by atoms with Crippen molar-refractivity contribution in [1.29, 1.82) is 0 Å². The van der Waals surface area contributed by atoms with Crippen molar-refractivity contribution in [3.63, 3.8) is 0 Å². The molecule has 3 saturated heterocycles. The van der Waals surface area contributed by atoms with Gasteiger partial charge in [-0.05, 0) is 45.1 Å². The first-order valence-electron chi connectivity index (χ1n) is 7.93. The van der Waals surface area contributed by atoms with E-state index in [0.29, 0.717) is 12.1 Å². The molecule has 110 valence electrons. The summed E-state index contributed by atoms with van der Waals surface area (Å²) in [6, 6.07) is 0.596. The second-order valence-corrected chi connectivity index (χ2v) is 6.26. The third-order valence-corrected chi connectivity index (χ3v) is 4.73. The number of hydrogen-bond donors (Lipinski definition) is 1. The number of ether oxygens (including phenoxy) is 3. The van der Waals surface area contributed by atoms with Gasteiger partial charge in [-0.3, -0.25) is 0 Å². The standard InChI is InChI=1S/C15H27NO3/c1-2-8-18-14(3-1)4-7-16-13-5-9-19-15(11-13)6-10-17-12-15/h13-14,16H,1-12H2. The molecule has 3 atom stereocenters. The lowest BCUT2D eigenvalue weighted by Gasteiger charge is -2.37. The Morgan fingerprint density at radius 1 is 1.11 bits per heavy atom. The molecule has 3 aliphatic heterocycles. The van der Waals surface area contributed by atoms with Crippen molar-refractivity contribution < 1.29 is 14.2 Å². The Hall–Kier alpha value is -0.160. The molecule has 3 unspecified atom stereocenters. The Balaban J connectivity index is 1.37. The number of hydrogen-bond acceptors (Lipinski definition) is 4. The van der Waals surface area contributed by atoms with Gasteiger partial charge in [-0.15, -0.1) is 0 Å². The molecule has 0 amide bonds. The molecule has 3 fully saturated rings. The number of nitrogens with one attached hydrogen (secondary N) is 1. The summed E-state index contributed by atoms with van der Waals surface area (Å²) >= 11 is 0. The van der Waals surface area contributed by atoms with Crippen molar-refractivity contribution in [3.05, 3.63) is 0 Å². The minimum absolute atomic E-state index is 0.0251. The third-order valence-electron chi connectivity index (χ3n) is 4.73. The van der Waals surface area contributed by atoms with Crippen molar-refractivity contribution in [2.45, 2.75) is 62.7 Å². The zero-order valence-electron chi connectivity index (χ0n) is 11.9. The molecule has 3 aliphatic rings. The van der Waals surface area contributed by atoms with Crippen LogP contribution < -0.4 is 5.32 Å². The first-order valence-corrected chi connectivity index (χ1v) is 7.93. The maximum atomic E-state index is 5.96. The van der Waals surface area contributed by atoms with Crippen LogP contribution in [0.25, 0.3) is 0 Å². The van der Waals surface area contributed by atoms with Crippen LogP contribution in [0.1, 0.15) is 44.9 Å². The van der Waals surface area contributed by atoms with Gasteiger partial charge in [0, 0.05) is 32.3 Å². The molecule has 0 bridgehead atoms. The molecule has 0 aliphatic carbocycles. The van der Waals surface area contributed by atoms with Crippen LogP contribution in [0.4, 0.5) is 0 Å². The van der Waals surface area contributed by atoms with Crippen molar-refractivity contribution in [3.8, 4) is 0 Å². The van der Waals surface area contributed by atoms with E-state index in [0.717, 1.165) is 58.7 Å². The summed E-state index contributed by atoms with van der Waals surface area (Å²) in [7, 11) is 0. The molecule has 0 aromatic heterocycles. The molecule has 0 aromatic carbocycles. The van der Waals surface area contributed by atoms with Crippen LogP contribution in [0, 0.1) is 0 Å². The van der Waals surface area contributed by atoms with Gasteiger partial charge in [0.15, 0.2) is 0 Å². The summed E-state index contributed by atoms with van der Waals surface area (Å²) in [5.41, 5.74) is 0.0251. The molecule has 0 saturated carbocycles. The van der Waals surface area contributed by atoms with E-state index >= 15 is 0 Å². The minimum atomic E-state index is 0.0251. The first-order chi connectivity index (χ1) is 9.36. The van der Waals surface area contributed by atoms with E-state index in [2.05, 4.69) is 5.32 Å². The highest BCUT2D eigenvalue weighted by Gasteiger charge is 2.40. The summed E-state index contributed by atoms with van der Waals surface area (Å²) in [5.74, 6) is 0. The highest BCUT2D eigenvalue weighted by Crippen LogP contribution is 2.32. The van der Waals surface area contributed by atoms with E-state index in [9.17, 15) is 0 Å².